The van der Waals surface area contributed by atoms with E-state index in [9.17, 15) is 14.4 Å². The Hall–Kier alpha value is -2.95. The van der Waals surface area contributed by atoms with Gasteiger partial charge >= 0.3 is 5.97 Å². The van der Waals surface area contributed by atoms with Gasteiger partial charge in [0.1, 0.15) is 0 Å². The van der Waals surface area contributed by atoms with Crippen LogP contribution in [0.4, 0.5) is 5.69 Å². The van der Waals surface area contributed by atoms with Gasteiger partial charge in [-0.3, -0.25) is 14.5 Å². The average molecular weight is 283 g/mol. The van der Waals surface area contributed by atoms with E-state index in [4.69, 9.17) is 0 Å². The topological polar surface area (TPSA) is 63.7 Å². The van der Waals surface area contributed by atoms with Crippen molar-refractivity contribution in [1.29, 1.82) is 0 Å². The van der Waals surface area contributed by atoms with Crippen molar-refractivity contribution in [3.63, 3.8) is 0 Å². The Morgan fingerprint density at radius 3 is 2.24 bits per heavy atom. The number of anilines is 1. The molecule has 5 heteroatoms. The van der Waals surface area contributed by atoms with Gasteiger partial charge < -0.3 is 4.74 Å². The van der Waals surface area contributed by atoms with Gasteiger partial charge in [-0.25, -0.2) is 4.79 Å². The molecular formula is C16H13NO4. The Balaban J connectivity index is 2.32. The maximum atomic E-state index is 11.5. The Bertz CT molecular complexity index is 656. The molecule has 0 N–H and O–H groups in total. The molecule has 0 atom stereocenters. The Morgan fingerprint density at radius 1 is 1.00 bits per heavy atom. The fourth-order valence-electron chi connectivity index (χ4n) is 1.92. The molecule has 5 nitrogen and oxygen atoms in total. The van der Waals surface area contributed by atoms with Gasteiger partial charge in [-0.2, -0.15) is 0 Å². The first-order valence-corrected chi connectivity index (χ1v) is 6.17. The van der Waals surface area contributed by atoms with E-state index in [1.54, 1.807) is 42.5 Å². The van der Waals surface area contributed by atoms with Crippen molar-refractivity contribution >= 4 is 24.5 Å². The minimum atomic E-state index is -0.401. The number of amides is 2. The Labute approximate surface area is 121 Å². The smallest absolute Gasteiger partial charge is 0.337 e. The Morgan fingerprint density at radius 2 is 1.67 bits per heavy atom. The van der Waals surface area contributed by atoms with E-state index in [1.807, 2.05) is 6.07 Å². The second-order valence-electron chi connectivity index (χ2n) is 4.24. The molecule has 21 heavy (non-hydrogen) atoms. The second kappa shape index (κ2) is 6.47. The largest absolute Gasteiger partial charge is 0.465 e. The number of rotatable bonds is 5. The van der Waals surface area contributed by atoms with Crippen LogP contribution in [0.3, 0.4) is 0 Å². The van der Waals surface area contributed by atoms with Crippen LogP contribution in [0.2, 0.25) is 0 Å². The van der Waals surface area contributed by atoms with E-state index in [0.717, 1.165) is 16.0 Å². The molecule has 0 bridgehead atoms. The van der Waals surface area contributed by atoms with Crippen LogP contribution >= 0.6 is 0 Å². The number of nitrogens with zero attached hydrogens (tertiary/aromatic N) is 1. The van der Waals surface area contributed by atoms with E-state index in [2.05, 4.69) is 4.74 Å². The highest BCUT2D eigenvalue weighted by Crippen LogP contribution is 2.23. The number of carbonyl (C=O) groups excluding carboxylic acids is 3. The molecule has 0 fully saturated rings. The number of methoxy groups -OCH3 is 1. The molecule has 0 radical (unpaired) electrons. The predicted octanol–water partition coefficient (Wildman–Crippen LogP) is 2.26. The van der Waals surface area contributed by atoms with Crippen LogP contribution in [0.25, 0.3) is 11.1 Å². The fourth-order valence-corrected chi connectivity index (χ4v) is 1.92. The second-order valence-corrected chi connectivity index (χ2v) is 4.24. The first kappa shape index (κ1) is 14.5. The van der Waals surface area contributed by atoms with E-state index in [-0.39, 0.29) is 0 Å². The molecule has 2 aromatic rings. The van der Waals surface area contributed by atoms with Gasteiger partial charge in [-0.15, -0.1) is 0 Å². The molecule has 0 spiro atoms. The molecule has 0 saturated carbocycles. The maximum Gasteiger partial charge on any atom is 0.337 e. The predicted molar refractivity (Wildman–Crippen MR) is 77.8 cm³/mol. The highest BCUT2D eigenvalue weighted by atomic mass is 16.5. The lowest BCUT2D eigenvalue weighted by Gasteiger charge is -2.10. The van der Waals surface area contributed by atoms with Gasteiger partial charge in [0.05, 0.1) is 18.4 Å². The summed E-state index contributed by atoms with van der Waals surface area (Å²) in [6.45, 7) is 0. The zero-order valence-corrected chi connectivity index (χ0v) is 11.4. The quantitative estimate of drug-likeness (QED) is 0.623. The average Bonchev–Trinajstić information content (AvgIpc) is 2.56. The zero-order valence-electron chi connectivity index (χ0n) is 11.4. The molecule has 106 valence electrons. The third-order valence-electron chi connectivity index (χ3n) is 3.01. The van der Waals surface area contributed by atoms with Crippen LogP contribution < -0.4 is 4.90 Å². The molecule has 0 heterocycles. The van der Waals surface area contributed by atoms with Crippen molar-refractivity contribution in [1.82, 2.24) is 0 Å². The number of hydrogen-bond donors (Lipinski definition) is 0. The SMILES string of the molecule is COC(=O)c1cccc(-c2ccc(N(C=O)C=O)cc2)c1. The van der Waals surface area contributed by atoms with Gasteiger partial charge in [0.25, 0.3) is 0 Å². The molecule has 0 aliphatic heterocycles. The number of hydrogen-bond acceptors (Lipinski definition) is 4. The van der Waals surface area contributed by atoms with E-state index >= 15 is 0 Å². The highest BCUT2D eigenvalue weighted by molar-refractivity contribution is 5.95. The standard InChI is InChI=1S/C16H13NO4/c1-21-16(20)14-4-2-3-13(9-14)12-5-7-15(8-6-12)17(10-18)11-19/h2-11H,1H3. The molecule has 0 unspecified atom stereocenters. The molecule has 2 amide bonds. The van der Waals surface area contributed by atoms with Crippen molar-refractivity contribution in [3.05, 3.63) is 54.1 Å². The van der Waals surface area contributed by atoms with Crippen LogP contribution in [0, 0.1) is 0 Å². The van der Waals surface area contributed by atoms with Gasteiger partial charge in [0.15, 0.2) is 0 Å². The molecular weight excluding hydrogens is 270 g/mol. The van der Waals surface area contributed by atoms with E-state index in [0.29, 0.717) is 24.1 Å². The maximum absolute atomic E-state index is 11.5. The normalized spacial score (nSPS) is 9.76. The van der Waals surface area contributed by atoms with Crippen LogP contribution in [0.5, 0.6) is 0 Å². The highest BCUT2D eigenvalue weighted by Gasteiger charge is 2.08. The molecule has 0 aromatic heterocycles. The summed E-state index contributed by atoms with van der Waals surface area (Å²) in [5.41, 5.74) is 2.64. The van der Waals surface area contributed by atoms with Crippen molar-refractivity contribution in [3.8, 4) is 11.1 Å². The third kappa shape index (κ3) is 3.14. The van der Waals surface area contributed by atoms with Gasteiger partial charge in [-0.05, 0) is 35.4 Å². The number of benzene rings is 2. The Kier molecular flexibility index (Phi) is 4.46. The van der Waals surface area contributed by atoms with Crippen LogP contribution in [-0.2, 0) is 14.3 Å². The molecule has 0 aliphatic carbocycles. The molecule has 0 saturated heterocycles. The van der Waals surface area contributed by atoms with Crippen molar-refractivity contribution in [2.24, 2.45) is 0 Å². The summed E-state index contributed by atoms with van der Waals surface area (Å²) < 4.78 is 4.68. The van der Waals surface area contributed by atoms with Crippen LogP contribution in [0.15, 0.2) is 48.5 Å². The minimum absolute atomic E-state index is 0.401. The lowest BCUT2D eigenvalue weighted by molar-refractivity contribution is -0.113. The van der Waals surface area contributed by atoms with E-state index in [1.165, 1.54) is 7.11 Å². The minimum Gasteiger partial charge on any atom is -0.465 e. The summed E-state index contributed by atoms with van der Waals surface area (Å²) in [5, 5.41) is 0. The first-order chi connectivity index (χ1) is 10.2. The molecule has 0 aliphatic rings. The monoisotopic (exact) mass is 283 g/mol. The van der Waals surface area contributed by atoms with Crippen LogP contribution in [-0.4, -0.2) is 25.9 Å². The van der Waals surface area contributed by atoms with Gasteiger partial charge in [0, 0.05) is 0 Å². The number of ether oxygens (including phenoxy) is 1. The lowest BCUT2D eigenvalue weighted by Crippen LogP contribution is -2.17. The third-order valence-corrected chi connectivity index (χ3v) is 3.01. The van der Waals surface area contributed by atoms with Gasteiger partial charge in [-0.1, -0.05) is 24.3 Å². The molecule has 2 aromatic carbocycles. The van der Waals surface area contributed by atoms with Crippen molar-refractivity contribution in [2.45, 2.75) is 0 Å². The fraction of sp³-hybridized carbons (Fsp3) is 0.0625. The van der Waals surface area contributed by atoms with Crippen molar-refractivity contribution < 1.29 is 19.1 Å². The number of esters is 1. The molecule has 2 rings (SSSR count). The van der Waals surface area contributed by atoms with Gasteiger partial charge in [0.2, 0.25) is 12.8 Å². The summed E-state index contributed by atoms with van der Waals surface area (Å²) in [6.07, 6.45) is 0.889. The summed E-state index contributed by atoms with van der Waals surface area (Å²) in [7, 11) is 1.33. The summed E-state index contributed by atoms with van der Waals surface area (Å²) >= 11 is 0. The summed E-state index contributed by atoms with van der Waals surface area (Å²) in [6, 6.07) is 13.9. The summed E-state index contributed by atoms with van der Waals surface area (Å²) in [5.74, 6) is -0.401. The summed E-state index contributed by atoms with van der Waals surface area (Å²) in [4.78, 5) is 33.8. The zero-order chi connectivity index (χ0) is 15.2. The number of carbonyl (C=O) groups is 3. The lowest BCUT2D eigenvalue weighted by atomic mass is 10.0. The van der Waals surface area contributed by atoms with Crippen molar-refractivity contribution in [2.75, 3.05) is 12.0 Å². The van der Waals surface area contributed by atoms with E-state index < -0.39 is 5.97 Å². The van der Waals surface area contributed by atoms with Crippen LogP contribution in [0.1, 0.15) is 10.4 Å². The number of imide groups is 1. The first-order valence-electron chi connectivity index (χ1n) is 6.17.